The van der Waals surface area contributed by atoms with Gasteiger partial charge in [0.15, 0.2) is 5.78 Å². The lowest BCUT2D eigenvalue weighted by Crippen LogP contribution is -2.30. The van der Waals surface area contributed by atoms with Gasteiger partial charge < -0.3 is 10.0 Å². The molecule has 0 aromatic heterocycles. The van der Waals surface area contributed by atoms with E-state index in [-0.39, 0.29) is 12.2 Å². The number of carbonyl (C=O) groups excluding carboxylic acids is 1. The summed E-state index contributed by atoms with van der Waals surface area (Å²) in [5, 5.41) is 8.79. The molecule has 0 aliphatic carbocycles. The number of aliphatic carboxylic acids is 1. The van der Waals surface area contributed by atoms with Crippen molar-refractivity contribution < 1.29 is 14.7 Å². The Kier molecular flexibility index (Phi) is 5.55. The second-order valence-electron chi connectivity index (χ2n) is 5.09. The van der Waals surface area contributed by atoms with Gasteiger partial charge in [-0.3, -0.25) is 9.59 Å². The van der Waals surface area contributed by atoms with Gasteiger partial charge in [-0.25, -0.2) is 0 Å². The Morgan fingerprint density at radius 3 is 2.21 bits per heavy atom. The Labute approximate surface area is 114 Å². The Bertz CT molecular complexity index is 437. The molecule has 0 atom stereocenters. The fourth-order valence-corrected chi connectivity index (χ4v) is 1.90. The maximum atomic E-state index is 11.2. The number of Topliss-reactive ketones (excluding diaryl/α,β-unsaturated/α-hetero) is 1. The van der Waals surface area contributed by atoms with E-state index in [4.69, 9.17) is 5.11 Å². The van der Waals surface area contributed by atoms with Crippen molar-refractivity contribution in [2.24, 2.45) is 5.92 Å². The van der Waals surface area contributed by atoms with E-state index in [1.807, 2.05) is 17.0 Å². The van der Waals surface area contributed by atoms with E-state index in [0.717, 1.165) is 12.2 Å². The standard InChI is InChI=1S/C15H21NO3/c1-11(2)10-16(9-8-15(18)19)14-6-4-13(5-7-14)12(3)17/h4-7,11H,8-10H2,1-3H3,(H,18,19). The van der Waals surface area contributed by atoms with Crippen LogP contribution in [0, 0.1) is 5.92 Å². The zero-order valence-electron chi connectivity index (χ0n) is 11.7. The second-order valence-corrected chi connectivity index (χ2v) is 5.09. The summed E-state index contributed by atoms with van der Waals surface area (Å²) < 4.78 is 0. The molecule has 4 heteroatoms. The number of ketones is 1. The van der Waals surface area contributed by atoms with Crippen molar-refractivity contribution in [1.82, 2.24) is 0 Å². The number of hydrogen-bond acceptors (Lipinski definition) is 3. The predicted molar refractivity (Wildman–Crippen MR) is 75.8 cm³/mol. The highest BCUT2D eigenvalue weighted by Crippen LogP contribution is 2.17. The maximum Gasteiger partial charge on any atom is 0.305 e. The quantitative estimate of drug-likeness (QED) is 0.768. The van der Waals surface area contributed by atoms with Gasteiger partial charge in [-0.05, 0) is 37.1 Å². The van der Waals surface area contributed by atoms with Crippen LogP contribution in [-0.4, -0.2) is 29.9 Å². The smallest absolute Gasteiger partial charge is 0.305 e. The SMILES string of the molecule is CC(=O)c1ccc(N(CCC(=O)O)CC(C)C)cc1. The first-order valence-corrected chi connectivity index (χ1v) is 6.48. The van der Waals surface area contributed by atoms with Gasteiger partial charge in [0.05, 0.1) is 6.42 Å². The molecule has 0 bridgehead atoms. The lowest BCUT2D eigenvalue weighted by Gasteiger charge is -2.26. The van der Waals surface area contributed by atoms with E-state index in [9.17, 15) is 9.59 Å². The molecule has 0 spiro atoms. The maximum absolute atomic E-state index is 11.2. The molecule has 0 amide bonds. The molecule has 0 aliphatic rings. The Hall–Kier alpha value is -1.84. The largest absolute Gasteiger partial charge is 0.481 e. The molecule has 0 saturated carbocycles. The molecule has 0 unspecified atom stereocenters. The van der Waals surface area contributed by atoms with Gasteiger partial charge >= 0.3 is 5.97 Å². The molecule has 4 nitrogen and oxygen atoms in total. The van der Waals surface area contributed by atoms with Crippen LogP contribution in [0.5, 0.6) is 0 Å². The highest BCUT2D eigenvalue weighted by atomic mass is 16.4. The van der Waals surface area contributed by atoms with Gasteiger partial charge in [0.2, 0.25) is 0 Å². The molecule has 0 saturated heterocycles. The number of rotatable bonds is 7. The topological polar surface area (TPSA) is 57.6 Å². The van der Waals surface area contributed by atoms with E-state index in [1.54, 1.807) is 12.1 Å². The first-order chi connectivity index (χ1) is 8.90. The minimum absolute atomic E-state index is 0.0347. The zero-order valence-corrected chi connectivity index (χ0v) is 11.7. The summed E-state index contributed by atoms with van der Waals surface area (Å²) in [6.45, 7) is 7.00. The van der Waals surface area contributed by atoms with Crippen LogP contribution in [0.25, 0.3) is 0 Å². The fraction of sp³-hybridized carbons (Fsp3) is 0.467. The number of anilines is 1. The van der Waals surface area contributed by atoms with Gasteiger partial charge in [-0.1, -0.05) is 13.8 Å². The molecule has 1 aromatic carbocycles. The fourth-order valence-electron chi connectivity index (χ4n) is 1.90. The third-order valence-electron chi connectivity index (χ3n) is 2.82. The molecule has 1 aromatic rings. The van der Waals surface area contributed by atoms with Gasteiger partial charge in [-0.2, -0.15) is 0 Å². The summed E-state index contributed by atoms with van der Waals surface area (Å²) in [5.41, 5.74) is 1.63. The van der Waals surface area contributed by atoms with Crippen molar-refractivity contribution in [3.63, 3.8) is 0 Å². The second kappa shape index (κ2) is 6.92. The van der Waals surface area contributed by atoms with Gasteiger partial charge in [0.25, 0.3) is 0 Å². The number of carboxylic acid groups (broad SMARTS) is 1. The molecule has 104 valence electrons. The van der Waals surface area contributed by atoms with Crippen LogP contribution in [0.1, 0.15) is 37.6 Å². The molecule has 19 heavy (non-hydrogen) atoms. The van der Waals surface area contributed by atoms with Crippen LogP contribution in [0.3, 0.4) is 0 Å². The minimum Gasteiger partial charge on any atom is -0.481 e. The van der Waals surface area contributed by atoms with E-state index in [1.165, 1.54) is 6.92 Å². The molecule has 0 aliphatic heterocycles. The molecule has 0 radical (unpaired) electrons. The third-order valence-corrected chi connectivity index (χ3v) is 2.82. The minimum atomic E-state index is -0.797. The Morgan fingerprint density at radius 1 is 1.21 bits per heavy atom. The lowest BCUT2D eigenvalue weighted by molar-refractivity contribution is -0.136. The molecular weight excluding hydrogens is 242 g/mol. The van der Waals surface area contributed by atoms with E-state index < -0.39 is 5.97 Å². The van der Waals surface area contributed by atoms with Gasteiger partial charge in [0, 0.05) is 24.3 Å². The zero-order chi connectivity index (χ0) is 14.4. The molecular formula is C15H21NO3. The predicted octanol–water partition coefficient (Wildman–Crippen LogP) is 2.83. The summed E-state index contributed by atoms with van der Waals surface area (Å²) in [6, 6.07) is 7.32. The highest BCUT2D eigenvalue weighted by Gasteiger charge is 2.11. The molecule has 1 rings (SSSR count). The van der Waals surface area contributed by atoms with Crippen LogP contribution in [-0.2, 0) is 4.79 Å². The monoisotopic (exact) mass is 263 g/mol. The summed E-state index contributed by atoms with van der Waals surface area (Å²) in [4.78, 5) is 24.0. The summed E-state index contributed by atoms with van der Waals surface area (Å²) >= 11 is 0. The van der Waals surface area contributed by atoms with Crippen molar-refractivity contribution in [3.8, 4) is 0 Å². The van der Waals surface area contributed by atoms with Crippen molar-refractivity contribution in [2.75, 3.05) is 18.0 Å². The van der Waals surface area contributed by atoms with Crippen LogP contribution >= 0.6 is 0 Å². The summed E-state index contributed by atoms with van der Waals surface area (Å²) in [6.07, 6.45) is 0.112. The van der Waals surface area contributed by atoms with Crippen molar-refractivity contribution in [2.45, 2.75) is 27.2 Å². The number of hydrogen-bond donors (Lipinski definition) is 1. The highest BCUT2D eigenvalue weighted by molar-refractivity contribution is 5.94. The Balaban J connectivity index is 2.83. The van der Waals surface area contributed by atoms with Crippen LogP contribution in [0.2, 0.25) is 0 Å². The van der Waals surface area contributed by atoms with E-state index >= 15 is 0 Å². The first kappa shape index (κ1) is 15.2. The van der Waals surface area contributed by atoms with Gasteiger partial charge in [-0.15, -0.1) is 0 Å². The summed E-state index contributed by atoms with van der Waals surface area (Å²) in [7, 11) is 0. The lowest BCUT2D eigenvalue weighted by atomic mass is 10.1. The van der Waals surface area contributed by atoms with Crippen LogP contribution in [0.4, 0.5) is 5.69 Å². The number of carboxylic acids is 1. The average molecular weight is 263 g/mol. The third kappa shape index (κ3) is 5.12. The number of benzene rings is 1. The van der Waals surface area contributed by atoms with Crippen LogP contribution < -0.4 is 4.90 Å². The molecule has 0 heterocycles. The van der Waals surface area contributed by atoms with Crippen molar-refractivity contribution in [1.29, 1.82) is 0 Å². The first-order valence-electron chi connectivity index (χ1n) is 6.48. The van der Waals surface area contributed by atoms with Crippen LogP contribution in [0.15, 0.2) is 24.3 Å². The average Bonchev–Trinajstić information content (AvgIpc) is 2.34. The normalized spacial score (nSPS) is 10.5. The number of nitrogens with zero attached hydrogens (tertiary/aromatic N) is 1. The Morgan fingerprint density at radius 2 is 1.79 bits per heavy atom. The van der Waals surface area contributed by atoms with Crippen molar-refractivity contribution >= 4 is 17.4 Å². The number of carbonyl (C=O) groups is 2. The van der Waals surface area contributed by atoms with E-state index in [2.05, 4.69) is 13.8 Å². The van der Waals surface area contributed by atoms with E-state index in [0.29, 0.717) is 18.0 Å². The van der Waals surface area contributed by atoms with Gasteiger partial charge in [0.1, 0.15) is 0 Å². The molecule has 1 N–H and O–H groups in total. The summed E-state index contributed by atoms with van der Waals surface area (Å²) in [5.74, 6) is -0.317. The van der Waals surface area contributed by atoms with Crippen molar-refractivity contribution in [3.05, 3.63) is 29.8 Å². The molecule has 0 fully saturated rings.